The lowest BCUT2D eigenvalue weighted by molar-refractivity contribution is 0.0598. The summed E-state index contributed by atoms with van der Waals surface area (Å²) in [4.78, 5) is 16.9. The molecule has 1 saturated heterocycles. The number of amides is 1. The number of piperazine rings is 1. The second-order valence-corrected chi connectivity index (χ2v) is 7.43. The molecule has 3 aromatic rings. The largest absolute Gasteiger partial charge is 0.451 e. The van der Waals surface area contributed by atoms with Crippen LogP contribution in [-0.4, -0.2) is 41.9 Å². The third kappa shape index (κ3) is 4.34. The zero-order valence-corrected chi connectivity index (χ0v) is 16.6. The number of halogens is 1. The lowest BCUT2D eigenvalue weighted by Gasteiger charge is -2.34. The summed E-state index contributed by atoms with van der Waals surface area (Å²) in [5, 5.41) is 9.49. The number of rotatable bonds is 4. The van der Waals surface area contributed by atoms with Crippen molar-refractivity contribution in [2.45, 2.75) is 6.54 Å². The van der Waals surface area contributed by atoms with Gasteiger partial charge in [-0.15, -0.1) is 0 Å². The topological polar surface area (TPSA) is 60.5 Å². The number of benzene rings is 2. The van der Waals surface area contributed by atoms with E-state index in [2.05, 4.69) is 11.0 Å². The van der Waals surface area contributed by atoms with Crippen LogP contribution in [0.4, 0.5) is 0 Å². The lowest BCUT2D eigenvalue weighted by Crippen LogP contribution is -2.48. The molecule has 0 saturated carbocycles. The van der Waals surface area contributed by atoms with Crippen LogP contribution in [0.2, 0.25) is 5.02 Å². The molecule has 2 heterocycles. The maximum absolute atomic E-state index is 12.8. The van der Waals surface area contributed by atoms with Crippen LogP contribution in [0.5, 0.6) is 0 Å². The van der Waals surface area contributed by atoms with Crippen molar-refractivity contribution < 1.29 is 9.21 Å². The summed E-state index contributed by atoms with van der Waals surface area (Å²) in [6, 6.07) is 20.7. The summed E-state index contributed by atoms with van der Waals surface area (Å²) < 4.78 is 5.79. The first-order valence-corrected chi connectivity index (χ1v) is 9.87. The molecule has 29 heavy (non-hydrogen) atoms. The Morgan fingerprint density at radius 1 is 1.00 bits per heavy atom. The van der Waals surface area contributed by atoms with Gasteiger partial charge in [-0.25, -0.2) is 0 Å². The monoisotopic (exact) mass is 405 g/mol. The van der Waals surface area contributed by atoms with Crippen LogP contribution in [0, 0.1) is 11.3 Å². The van der Waals surface area contributed by atoms with Crippen molar-refractivity contribution in [2.24, 2.45) is 0 Å². The molecule has 1 amide bonds. The summed E-state index contributed by atoms with van der Waals surface area (Å²) in [5.41, 5.74) is 2.61. The van der Waals surface area contributed by atoms with Gasteiger partial charge in [0.15, 0.2) is 5.76 Å². The second kappa shape index (κ2) is 8.52. The van der Waals surface area contributed by atoms with Gasteiger partial charge in [0.25, 0.3) is 5.91 Å². The van der Waals surface area contributed by atoms with Crippen LogP contribution in [0.15, 0.2) is 65.1 Å². The summed E-state index contributed by atoms with van der Waals surface area (Å²) >= 11 is 6.22. The molecule has 6 heteroatoms. The van der Waals surface area contributed by atoms with E-state index in [4.69, 9.17) is 21.3 Å². The fourth-order valence-corrected chi connectivity index (χ4v) is 3.70. The first-order valence-electron chi connectivity index (χ1n) is 9.49. The lowest BCUT2D eigenvalue weighted by atomic mass is 10.1. The summed E-state index contributed by atoms with van der Waals surface area (Å²) in [7, 11) is 0. The molecule has 1 aromatic heterocycles. The average Bonchev–Trinajstić information content (AvgIpc) is 3.25. The Hall–Kier alpha value is -3.07. The molecule has 0 radical (unpaired) electrons. The van der Waals surface area contributed by atoms with Gasteiger partial charge in [0.05, 0.1) is 16.7 Å². The highest BCUT2D eigenvalue weighted by molar-refractivity contribution is 6.33. The van der Waals surface area contributed by atoms with E-state index in [0.29, 0.717) is 35.2 Å². The van der Waals surface area contributed by atoms with Gasteiger partial charge in [0, 0.05) is 38.3 Å². The highest BCUT2D eigenvalue weighted by atomic mass is 35.5. The van der Waals surface area contributed by atoms with E-state index in [1.807, 2.05) is 47.4 Å². The number of furan rings is 1. The normalized spacial score (nSPS) is 14.6. The Balaban J connectivity index is 1.35. The van der Waals surface area contributed by atoms with E-state index in [1.165, 1.54) is 5.56 Å². The van der Waals surface area contributed by atoms with Gasteiger partial charge in [-0.3, -0.25) is 9.69 Å². The van der Waals surface area contributed by atoms with Crippen LogP contribution in [0.3, 0.4) is 0 Å². The van der Waals surface area contributed by atoms with E-state index in [-0.39, 0.29) is 5.91 Å². The molecule has 5 nitrogen and oxygen atoms in total. The molecule has 0 unspecified atom stereocenters. The molecule has 0 atom stereocenters. The third-order valence-electron chi connectivity index (χ3n) is 5.10. The van der Waals surface area contributed by atoms with E-state index in [0.717, 1.165) is 25.2 Å². The van der Waals surface area contributed by atoms with Gasteiger partial charge in [-0.1, -0.05) is 35.9 Å². The molecule has 1 aliphatic heterocycles. The predicted octanol–water partition coefficient (Wildman–Crippen LogP) is 4.43. The Kier molecular flexibility index (Phi) is 5.66. The van der Waals surface area contributed by atoms with E-state index >= 15 is 0 Å². The number of carbonyl (C=O) groups excluding carboxylic acids is 1. The highest BCUT2D eigenvalue weighted by Crippen LogP contribution is 2.29. The van der Waals surface area contributed by atoms with E-state index in [1.54, 1.807) is 18.2 Å². The first kappa shape index (κ1) is 19.3. The van der Waals surface area contributed by atoms with Crippen LogP contribution in [0.1, 0.15) is 21.7 Å². The molecule has 2 aromatic carbocycles. The summed E-state index contributed by atoms with van der Waals surface area (Å²) in [5.74, 6) is 0.834. The van der Waals surface area contributed by atoms with E-state index < -0.39 is 0 Å². The van der Waals surface area contributed by atoms with Crippen molar-refractivity contribution >= 4 is 17.5 Å². The molecule has 1 aliphatic rings. The van der Waals surface area contributed by atoms with Gasteiger partial charge in [0.2, 0.25) is 0 Å². The van der Waals surface area contributed by atoms with Gasteiger partial charge in [-0.2, -0.15) is 5.26 Å². The van der Waals surface area contributed by atoms with Gasteiger partial charge >= 0.3 is 0 Å². The number of hydrogen-bond acceptors (Lipinski definition) is 4. The minimum Gasteiger partial charge on any atom is -0.451 e. The third-order valence-corrected chi connectivity index (χ3v) is 5.43. The smallest absolute Gasteiger partial charge is 0.289 e. The molecular formula is C23H20ClN3O2. The Morgan fingerprint density at radius 3 is 2.41 bits per heavy atom. The SMILES string of the molecule is N#Cc1ccc(CN2CCN(C(=O)c3ccc(-c4ccccc4Cl)o3)CC2)cc1. The molecule has 0 spiro atoms. The molecule has 0 bridgehead atoms. The van der Waals surface area contributed by atoms with Crippen molar-refractivity contribution in [3.63, 3.8) is 0 Å². The fourth-order valence-electron chi connectivity index (χ4n) is 3.47. The standard InChI is InChI=1S/C23H20ClN3O2/c24-20-4-2-1-3-19(20)21-9-10-22(29-21)23(28)27-13-11-26(12-14-27)16-18-7-5-17(15-25)6-8-18/h1-10H,11-14,16H2. The zero-order chi connectivity index (χ0) is 20.2. The molecule has 0 aliphatic carbocycles. The fraction of sp³-hybridized carbons (Fsp3) is 0.217. The minimum atomic E-state index is -0.0960. The first-order chi connectivity index (χ1) is 14.1. The van der Waals surface area contributed by atoms with Crippen molar-refractivity contribution in [1.82, 2.24) is 9.80 Å². The van der Waals surface area contributed by atoms with Gasteiger partial charge < -0.3 is 9.32 Å². The molecular weight excluding hydrogens is 386 g/mol. The van der Waals surface area contributed by atoms with Crippen molar-refractivity contribution in [1.29, 1.82) is 5.26 Å². The number of hydrogen-bond donors (Lipinski definition) is 0. The number of carbonyl (C=O) groups is 1. The minimum absolute atomic E-state index is 0.0960. The highest BCUT2D eigenvalue weighted by Gasteiger charge is 2.24. The zero-order valence-electron chi connectivity index (χ0n) is 15.8. The van der Waals surface area contributed by atoms with Crippen LogP contribution in [0.25, 0.3) is 11.3 Å². The molecule has 146 valence electrons. The summed E-state index contributed by atoms with van der Waals surface area (Å²) in [6.45, 7) is 3.70. The Bertz CT molecular complexity index is 1040. The van der Waals surface area contributed by atoms with Crippen molar-refractivity contribution in [3.05, 3.63) is 82.6 Å². The molecule has 4 rings (SSSR count). The summed E-state index contributed by atoms with van der Waals surface area (Å²) in [6.07, 6.45) is 0. The van der Waals surface area contributed by atoms with Crippen LogP contribution in [-0.2, 0) is 6.54 Å². The molecule has 0 N–H and O–H groups in total. The number of nitriles is 1. The van der Waals surface area contributed by atoms with Crippen LogP contribution >= 0.6 is 11.6 Å². The number of nitrogens with zero attached hydrogens (tertiary/aromatic N) is 3. The van der Waals surface area contributed by atoms with Gasteiger partial charge in [0.1, 0.15) is 5.76 Å². The second-order valence-electron chi connectivity index (χ2n) is 7.02. The maximum atomic E-state index is 12.8. The van der Waals surface area contributed by atoms with Crippen molar-refractivity contribution in [2.75, 3.05) is 26.2 Å². The average molecular weight is 406 g/mol. The molecule has 1 fully saturated rings. The van der Waals surface area contributed by atoms with E-state index in [9.17, 15) is 4.79 Å². The Morgan fingerprint density at radius 2 is 1.72 bits per heavy atom. The van der Waals surface area contributed by atoms with Crippen LogP contribution < -0.4 is 0 Å². The maximum Gasteiger partial charge on any atom is 0.289 e. The van der Waals surface area contributed by atoms with Gasteiger partial charge in [-0.05, 0) is 42.0 Å². The quantitative estimate of drug-likeness (QED) is 0.644. The predicted molar refractivity (Wildman–Crippen MR) is 111 cm³/mol. The Labute approximate surface area is 174 Å². The van der Waals surface area contributed by atoms with Crippen molar-refractivity contribution in [3.8, 4) is 17.4 Å².